The topological polar surface area (TPSA) is 98.5 Å². The highest BCUT2D eigenvalue weighted by atomic mass is 35.5. The van der Waals surface area contributed by atoms with Gasteiger partial charge in [-0.2, -0.15) is 0 Å². The Labute approximate surface area is 171 Å². The summed E-state index contributed by atoms with van der Waals surface area (Å²) in [5, 5.41) is 14.2. The van der Waals surface area contributed by atoms with Crippen LogP contribution in [0.5, 0.6) is 0 Å². The molecule has 0 aliphatic heterocycles. The second-order valence-electron chi connectivity index (χ2n) is 6.04. The Balaban J connectivity index is 1.81. The summed E-state index contributed by atoms with van der Waals surface area (Å²) in [5.74, 6) is -0.531. The van der Waals surface area contributed by atoms with Gasteiger partial charge < -0.3 is 10.1 Å². The highest BCUT2D eigenvalue weighted by Gasteiger charge is 2.18. The monoisotopic (exact) mass is 422 g/mol. The number of nitro groups is 1. The van der Waals surface area contributed by atoms with E-state index in [-0.39, 0.29) is 17.1 Å². The first kappa shape index (κ1) is 21.7. The number of amides is 1. The molecule has 0 aromatic heterocycles. The first-order chi connectivity index (χ1) is 13.3. The van der Waals surface area contributed by atoms with E-state index >= 15 is 0 Å². The van der Waals surface area contributed by atoms with E-state index in [9.17, 15) is 19.7 Å². The van der Waals surface area contributed by atoms with Crippen LogP contribution in [0.15, 0.2) is 36.4 Å². The normalized spacial score (nSPS) is 10.4. The van der Waals surface area contributed by atoms with Crippen molar-refractivity contribution < 1.29 is 19.2 Å². The number of nitrogens with zero attached hydrogens (tertiary/aromatic N) is 1. The minimum absolute atomic E-state index is 0.0730. The summed E-state index contributed by atoms with van der Waals surface area (Å²) in [6, 6.07) is 10.2. The molecular formula is C19H19ClN2O5S. The van der Waals surface area contributed by atoms with Crippen LogP contribution in [0.4, 0.5) is 11.4 Å². The van der Waals surface area contributed by atoms with Gasteiger partial charge in [0.15, 0.2) is 6.61 Å². The number of carbonyl (C=O) groups is 2. The van der Waals surface area contributed by atoms with E-state index in [0.29, 0.717) is 10.8 Å². The van der Waals surface area contributed by atoms with Crippen molar-refractivity contribution in [3.63, 3.8) is 0 Å². The number of hydrogen-bond donors (Lipinski definition) is 1. The summed E-state index contributed by atoms with van der Waals surface area (Å²) in [6.07, 6.45) is 0. The molecule has 9 heteroatoms. The summed E-state index contributed by atoms with van der Waals surface area (Å²) >= 11 is 7.23. The molecule has 2 aromatic carbocycles. The lowest BCUT2D eigenvalue weighted by atomic mass is 10.1. The number of carbonyl (C=O) groups excluding carboxylic acids is 2. The summed E-state index contributed by atoms with van der Waals surface area (Å²) in [4.78, 5) is 34.3. The standard InChI is InChI=1S/C19H19ClN2O5S/c1-12-6-16(17(22(25)26)7-13(12)2)21-18(23)9-27-19(24)11-28-10-14-4-3-5-15(20)8-14/h3-8H,9-11H2,1-2H3,(H,21,23). The molecule has 0 bridgehead atoms. The molecule has 1 amide bonds. The average molecular weight is 423 g/mol. The van der Waals surface area contributed by atoms with Crippen LogP contribution in [0.3, 0.4) is 0 Å². The lowest BCUT2D eigenvalue weighted by Crippen LogP contribution is -2.22. The van der Waals surface area contributed by atoms with E-state index in [0.717, 1.165) is 16.7 Å². The molecule has 7 nitrogen and oxygen atoms in total. The molecule has 2 rings (SSSR count). The maximum Gasteiger partial charge on any atom is 0.316 e. The van der Waals surface area contributed by atoms with Gasteiger partial charge in [-0.3, -0.25) is 19.7 Å². The SMILES string of the molecule is Cc1cc(NC(=O)COC(=O)CSCc2cccc(Cl)c2)c([N+](=O)[O-])cc1C. The predicted octanol–water partition coefficient (Wildman–Crippen LogP) is 4.28. The van der Waals surface area contributed by atoms with Crippen LogP contribution in [0.25, 0.3) is 0 Å². The van der Waals surface area contributed by atoms with Gasteiger partial charge in [0.2, 0.25) is 0 Å². The van der Waals surface area contributed by atoms with Gasteiger partial charge in [0.1, 0.15) is 5.69 Å². The first-order valence-electron chi connectivity index (χ1n) is 8.29. The van der Waals surface area contributed by atoms with E-state index in [2.05, 4.69) is 5.32 Å². The van der Waals surface area contributed by atoms with Crippen LogP contribution >= 0.6 is 23.4 Å². The van der Waals surface area contributed by atoms with Crippen LogP contribution in [-0.4, -0.2) is 29.2 Å². The van der Waals surface area contributed by atoms with Gasteiger partial charge in [0, 0.05) is 16.8 Å². The summed E-state index contributed by atoms with van der Waals surface area (Å²) in [7, 11) is 0. The number of nitrogens with one attached hydrogen (secondary N) is 1. The van der Waals surface area contributed by atoms with Gasteiger partial charge in [-0.05, 0) is 48.7 Å². The van der Waals surface area contributed by atoms with Crippen molar-refractivity contribution >= 4 is 46.6 Å². The third-order valence-electron chi connectivity index (χ3n) is 3.82. The molecule has 0 aliphatic carbocycles. The average Bonchev–Trinajstić information content (AvgIpc) is 2.62. The zero-order valence-corrected chi connectivity index (χ0v) is 16.9. The Bertz CT molecular complexity index is 904. The number of hydrogen-bond acceptors (Lipinski definition) is 6. The largest absolute Gasteiger partial charge is 0.455 e. The lowest BCUT2D eigenvalue weighted by molar-refractivity contribution is -0.384. The molecule has 0 atom stereocenters. The minimum Gasteiger partial charge on any atom is -0.455 e. The Kier molecular flexibility index (Phi) is 7.83. The summed E-state index contributed by atoms with van der Waals surface area (Å²) < 4.78 is 4.92. The summed E-state index contributed by atoms with van der Waals surface area (Å²) in [5.41, 5.74) is 2.39. The summed E-state index contributed by atoms with van der Waals surface area (Å²) in [6.45, 7) is 3.02. The van der Waals surface area contributed by atoms with Gasteiger partial charge in [-0.1, -0.05) is 23.7 Å². The van der Waals surface area contributed by atoms with Gasteiger partial charge in [-0.15, -0.1) is 11.8 Å². The Morgan fingerprint density at radius 2 is 1.93 bits per heavy atom. The van der Waals surface area contributed by atoms with E-state index < -0.39 is 23.4 Å². The molecule has 0 aliphatic rings. The van der Waals surface area contributed by atoms with Crippen molar-refractivity contribution in [1.82, 2.24) is 0 Å². The molecule has 0 heterocycles. The molecule has 0 spiro atoms. The van der Waals surface area contributed by atoms with Crippen LogP contribution < -0.4 is 5.32 Å². The third-order valence-corrected chi connectivity index (χ3v) is 5.04. The first-order valence-corrected chi connectivity index (χ1v) is 9.83. The van der Waals surface area contributed by atoms with Crippen molar-refractivity contribution in [3.8, 4) is 0 Å². The second-order valence-corrected chi connectivity index (χ2v) is 7.46. The van der Waals surface area contributed by atoms with Crippen molar-refractivity contribution in [1.29, 1.82) is 0 Å². The zero-order valence-electron chi connectivity index (χ0n) is 15.4. The third kappa shape index (κ3) is 6.54. The van der Waals surface area contributed by atoms with Crippen molar-refractivity contribution in [2.75, 3.05) is 17.7 Å². The number of nitro benzene ring substituents is 1. The fraction of sp³-hybridized carbons (Fsp3) is 0.263. The number of halogens is 1. The number of benzene rings is 2. The minimum atomic E-state index is -0.639. The fourth-order valence-electron chi connectivity index (χ4n) is 2.31. The molecule has 0 saturated heterocycles. The molecule has 0 radical (unpaired) electrons. The number of rotatable bonds is 8. The highest BCUT2D eigenvalue weighted by Crippen LogP contribution is 2.27. The quantitative estimate of drug-likeness (QED) is 0.387. The van der Waals surface area contributed by atoms with E-state index in [4.69, 9.17) is 16.3 Å². The van der Waals surface area contributed by atoms with Crippen LogP contribution in [0.2, 0.25) is 5.02 Å². The van der Waals surface area contributed by atoms with E-state index in [1.54, 1.807) is 19.9 Å². The second kappa shape index (κ2) is 10.1. The van der Waals surface area contributed by atoms with Gasteiger partial charge in [-0.25, -0.2) is 0 Å². The van der Waals surface area contributed by atoms with Crippen LogP contribution in [0, 0.1) is 24.0 Å². The molecule has 148 valence electrons. The Hall–Kier alpha value is -2.58. The molecule has 0 saturated carbocycles. The maximum atomic E-state index is 12.0. The fourth-order valence-corrected chi connectivity index (χ4v) is 3.29. The molecule has 0 unspecified atom stereocenters. The smallest absolute Gasteiger partial charge is 0.316 e. The zero-order chi connectivity index (χ0) is 20.7. The highest BCUT2D eigenvalue weighted by molar-refractivity contribution is 7.99. The number of thioether (sulfide) groups is 1. The molecule has 28 heavy (non-hydrogen) atoms. The molecular weight excluding hydrogens is 404 g/mol. The van der Waals surface area contributed by atoms with Crippen LogP contribution in [-0.2, 0) is 20.1 Å². The Morgan fingerprint density at radius 3 is 2.61 bits per heavy atom. The van der Waals surface area contributed by atoms with E-state index in [1.165, 1.54) is 23.9 Å². The molecule has 2 aromatic rings. The number of anilines is 1. The van der Waals surface area contributed by atoms with Crippen molar-refractivity contribution in [2.45, 2.75) is 19.6 Å². The van der Waals surface area contributed by atoms with Gasteiger partial charge in [0.25, 0.3) is 11.6 Å². The van der Waals surface area contributed by atoms with Crippen molar-refractivity contribution in [2.24, 2.45) is 0 Å². The maximum absolute atomic E-state index is 12.0. The van der Waals surface area contributed by atoms with Gasteiger partial charge >= 0.3 is 5.97 Å². The molecule has 0 fully saturated rings. The van der Waals surface area contributed by atoms with Crippen molar-refractivity contribution in [3.05, 3.63) is 68.2 Å². The molecule has 1 N–H and O–H groups in total. The Morgan fingerprint density at radius 1 is 1.21 bits per heavy atom. The predicted molar refractivity (Wildman–Crippen MR) is 110 cm³/mol. The van der Waals surface area contributed by atoms with Crippen LogP contribution in [0.1, 0.15) is 16.7 Å². The van der Waals surface area contributed by atoms with Gasteiger partial charge in [0.05, 0.1) is 10.7 Å². The number of ether oxygens (including phenoxy) is 1. The van der Waals surface area contributed by atoms with E-state index in [1.807, 2.05) is 18.2 Å². The number of aryl methyl sites for hydroxylation is 2. The lowest BCUT2D eigenvalue weighted by Gasteiger charge is -2.09. The number of esters is 1.